The average molecular weight is 249 g/mol. The molecule has 18 heavy (non-hydrogen) atoms. The minimum Gasteiger partial charge on any atom is -0.438 e. The third-order valence-corrected chi connectivity index (χ3v) is 3.82. The second-order valence-electron chi connectivity index (χ2n) is 5.36. The Labute approximate surface area is 107 Å². The lowest BCUT2D eigenvalue weighted by Crippen LogP contribution is -2.54. The molecule has 4 nitrogen and oxygen atoms in total. The van der Waals surface area contributed by atoms with Crippen molar-refractivity contribution in [3.63, 3.8) is 0 Å². The predicted molar refractivity (Wildman–Crippen MR) is 67.9 cm³/mol. The van der Waals surface area contributed by atoms with Crippen molar-refractivity contribution < 1.29 is 14.6 Å². The van der Waals surface area contributed by atoms with Gasteiger partial charge >= 0.3 is 6.09 Å². The normalized spacial score (nSPS) is 28.1. The molecule has 2 atom stereocenters. The average Bonchev–Trinajstić information content (AvgIpc) is 2.44. The van der Waals surface area contributed by atoms with Crippen molar-refractivity contribution in [1.82, 2.24) is 4.90 Å². The molecule has 0 aromatic heterocycles. The van der Waals surface area contributed by atoms with Crippen LogP contribution in [0.5, 0.6) is 0 Å². The summed E-state index contributed by atoms with van der Waals surface area (Å²) in [4.78, 5) is 13.4. The van der Waals surface area contributed by atoms with Crippen molar-refractivity contribution in [1.29, 1.82) is 0 Å². The maximum absolute atomic E-state index is 12.0. The zero-order chi connectivity index (χ0) is 13.6. The number of ether oxygens (including phenoxy) is 1. The Kier molecular flexibility index (Phi) is 2.86. The molecular weight excluding hydrogens is 230 g/mol. The lowest BCUT2D eigenvalue weighted by atomic mass is 9.94. The highest BCUT2D eigenvalue weighted by molar-refractivity contribution is 5.72. The number of nitrogens with zero attached hydrogens (tertiary/aromatic N) is 1. The number of benzene rings is 1. The highest BCUT2D eigenvalue weighted by Gasteiger charge is 2.58. The summed E-state index contributed by atoms with van der Waals surface area (Å²) < 4.78 is 5.26. The third-order valence-electron chi connectivity index (χ3n) is 3.82. The van der Waals surface area contributed by atoms with Gasteiger partial charge in [0.2, 0.25) is 0 Å². The first kappa shape index (κ1) is 12.9. The van der Waals surface area contributed by atoms with Crippen LogP contribution in [0.25, 0.3) is 0 Å². The molecular formula is C14H19NO3. The zero-order valence-corrected chi connectivity index (χ0v) is 11.2. The molecule has 0 bridgehead atoms. The minimum atomic E-state index is -1.33. The number of aliphatic hydroxyl groups is 1. The van der Waals surface area contributed by atoms with Gasteiger partial charge in [-0.2, -0.15) is 0 Å². The fraction of sp³-hybridized carbons (Fsp3) is 0.500. The predicted octanol–water partition coefficient (Wildman–Crippen LogP) is 2.69. The molecule has 1 saturated heterocycles. The molecule has 1 aromatic rings. The molecule has 0 radical (unpaired) electrons. The Bertz CT molecular complexity index is 453. The topological polar surface area (TPSA) is 49.8 Å². The van der Waals surface area contributed by atoms with Crippen LogP contribution in [0.3, 0.4) is 0 Å². The monoisotopic (exact) mass is 249 g/mol. The first-order valence-corrected chi connectivity index (χ1v) is 6.07. The number of carbonyl (C=O) groups excluding carboxylic acids is 1. The molecule has 1 heterocycles. The van der Waals surface area contributed by atoms with E-state index in [0.717, 1.165) is 5.56 Å². The molecule has 1 amide bonds. The number of hydrogen-bond donors (Lipinski definition) is 1. The van der Waals surface area contributed by atoms with Crippen LogP contribution < -0.4 is 0 Å². The Morgan fingerprint density at radius 2 is 1.78 bits per heavy atom. The van der Waals surface area contributed by atoms with Crippen LogP contribution in [0.15, 0.2) is 30.3 Å². The van der Waals surface area contributed by atoms with Crippen molar-refractivity contribution in [3.05, 3.63) is 35.9 Å². The van der Waals surface area contributed by atoms with Gasteiger partial charge in [-0.1, -0.05) is 30.3 Å². The Hall–Kier alpha value is -1.55. The van der Waals surface area contributed by atoms with Gasteiger partial charge in [0, 0.05) is 0 Å². The first-order valence-electron chi connectivity index (χ1n) is 6.07. The molecule has 1 aromatic carbocycles. The van der Waals surface area contributed by atoms with Crippen LogP contribution in [0.1, 0.15) is 39.3 Å². The smallest absolute Gasteiger partial charge is 0.413 e. The summed E-state index contributed by atoms with van der Waals surface area (Å²) in [5.41, 5.74) is -1.29. The Morgan fingerprint density at radius 3 is 2.22 bits per heavy atom. The lowest BCUT2D eigenvalue weighted by Gasteiger charge is -2.38. The van der Waals surface area contributed by atoms with E-state index in [1.165, 1.54) is 4.90 Å². The number of carbonyl (C=O) groups is 1. The fourth-order valence-corrected chi connectivity index (χ4v) is 2.25. The molecule has 1 aliphatic heterocycles. The van der Waals surface area contributed by atoms with Gasteiger partial charge in [-0.05, 0) is 33.3 Å². The largest absolute Gasteiger partial charge is 0.438 e. The molecule has 1 fully saturated rings. The lowest BCUT2D eigenvalue weighted by molar-refractivity contribution is -0.136. The van der Waals surface area contributed by atoms with Crippen molar-refractivity contribution >= 4 is 6.09 Å². The summed E-state index contributed by atoms with van der Waals surface area (Å²) in [5, 5.41) is 10.6. The van der Waals surface area contributed by atoms with E-state index in [9.17, 15) is 9.90 Å². The van der Waals surface area contributed by atoms with E-state index in [0.29, 0.717) is 0 Å². The number of rotatable bonds is 2. The van der Waals surface area contributed by atoms with Gasteiger partial charge in [-0.3, -0.25) is 4.90 Å². The molecule has 0 unspecified atom stereocenters. The van der Waals surface area contributed by atoms with Crippen molar-refractivity contribution in [3.8, 4) is 0 Å². The molecule has 98 valence electrons. The van der Waals surface area contributed by atoms with Crippen molar-refractivity contribution in [2.45, 2.75) is 45.1 Å². The second-order valence-corrected chi connectivity index (χ2v) is 5.36. The Morgan fingerprint density at radius 1 is 1.22 bits per heavy atom. The molecule has 0 aliphatic carbocycles. The highest BCUT2D eigenvalue weighted by Crippen LogP contribution is 2.41. The molecule has 0 spiro atoms. The fourth-order valence-electron chi connectivity index (χ4n) is 2.25. The standard InChI is InChI=1S/C14H19NO3/c1-10(11-8-6-5-7-9-11)15-12(16)18-13(2,3)14(15,4)17/h5-10,17H,1-4H3/t10-,14-/m0/s1. The van der Waals surface area contributed by atoms with Crippen molar-refractivity contribution in [2.24, 2.45) is 0 Å². The van der Waals surface area contributed by atoms with Crippen LogP contribution in [0.4, 0.5) is 4.79 Å². The van der Waals surface area contributed by atoms with E-state index < -0.39 is 17.4 Å². The van der Waals surface area contributed by atoms with E-state index in [4.69, 9.17) is 4.74 Å². The van der Waals surface area contributed by atoms with Crippen LogP contribution in [0.2, 0.25) is 0 Å². The summed E-state index contributed by atoms with van der Waals surface area (Å²) >= 11 is 0. The SMILES string of the molecule is C[C@@H](c1ccccc1)N1C(=O)OC(C)(C)[C@]1(C)O. The number of amides is 1. The van der Waals surface area contributed by atoms with Crippen LogP contribution in [0, 0.1) is 0 Å². The molecule has 2 rings (SSSR count). The summed E-state index contributed by atoms with van der Waals surface area (Å²) in [6.45, 7) is 6.91. The zero-order valence-electron chi connectivity index (χ0n) is 11.2. The maximum atomic E-state index is 12.0. The van der Waals surface area contributed by atoms with Crippen LogP contribution in [-0.2, 0) is 4.74 Å². The van der Waals surface area contributed by atoms with E-state index in [-0.39, 0.29) is 6.04 Å². The third kappa shape index (κ3) is 1.77. The quantitative estimate of drug-likeness (QED) is 0.876. The Balaban J connectivity index is 2.37. The maximum Gasteiger partial charge on any atom is 0.413 e. The van der Waals surface area contributed by atoms with Gasteiger partial charge in [0.05, 0.1) is 6.04 Å². The summed E-state index contributed by atoms with van der Waals surface area (Å²) in [6, 6.07) is 9.36. The van der Waals surface area contributed by atoms with E-state index in [2.05, 4.69) is 0 Å². The molecule has 4 heteroatoms. The number of cyclic esters (lactones) is 1. The summed E-state index contributed by atoms with van der Waals surface area (Å²) in [6.07, 6.45) is -0.485. The number of hydrogen-bond acceptors (Lipinski definition) is 3. The molecule has 1 N–H and O–H groups in total. The van der Waals surface area contributed by atoms with Gasteiger partial charge in [-0.25, -0.2) is 4.79 Å². The van der Waals surface area contributed by atoms with Gasteiger partial charge in [0.15, 0.2) is 11.3 Å². The minimum absolute atomic E-state index is 0.240. The van der Waals surface area contributed by atoms with E-state index in [1.54, 1.807) is 20.8 Å². The van der Waals surface area contributed by atoms with Crippen LogP contribution in [-0.4, -0.2) is 27.4 Å². The second kappa shape index (κ2) is 3.99. The summed E-state index contributed by atoms with van der Waals surface area (Å²) in [7, 11) is 0. The summed E-state index contributed by atoms with van der Waals surface area (Å²) in [5.74, 6) is 0. The van der Waals surface area contributed by atoms with Gasteiger partial charge < -0.3 is 9.84 Å². The van der Waals surface area contributed by atoms with Crippen molar-refractivity contribution in [2.75, 3.05) is 0 Å². The van der Waals surface area contributed by atoms with Crippen LogP contribution >= 0.6 is 0 Å². The van der Waals surface area contributed by atoms with Gasteiger partial charge in [0.25, 0.3) is 0 Å². The van der Waals surface area contributed by atoms with Gasteiger partial charge in [-0.15, -0.1) is 0 Å². The molecule has 0 saturated carbocycles. The van der Waals surface area contributed by atoms with E-state index >= 15 is 0 Å². The van der Waals surface area contributed by atoms with E-state index in [1.807, 2.05) is 37.3 Å². The highest BCUT2D eigenvalue weighted by atomic mass is 16.6. The van der Waals surface area contributed by atoms with Gasteiger partial charge in [0.1, 0.15) is 0 Å². The first-order chi connectivity index (χ1) is 8.27. The molecule has 1 aliphatic rings.